The van der Waals surface area contributed by atoms with Gasteiger partial charge >= 0.3 is 5.97 Å². The number of hydrogen-bond acceptors (Lipinski definition) is 4. The molecule has 0 spiro atoms. The van der Waals surface area contributed by atoms with Gasteiger partial charge in [-0.3, -0.25) is 14.4 Å². The van der Waals surface area contributed by atoms with Gasteiger partial charge in [0, 0.05) is 28.6 Å². The Kier molecular flexibility index (Phi) is 8.76. The fourth-order valence-electron chi connectivity index (χ4n) is 2.28. The van der Waals surface area contributed by atoms with Gasteiger partial charge in [-0.25, -0.2) is 0 Å². The fourth-order valence-corrected chi connectivity index (χ4v) is 2.74. The third-order valence-electron chi connectivity index (χ3n) is 3.81. The molecule has 0 fully saturated rings. The van der Waals surface area contributed by atoms with Crippen molar-refractivity contribution >= 4 is 58.3 Å². The zero-order chi connectivity index (χ0) is 21.4. The van der Waals surface area contributed by atoms with Crippen LogP contribution in [0.25, 0.3) is 0 Å². The summed E-state index contributed by atoms with van der Waals surface area (Å²) in [5.41, 5.74) is 0.805. The number of esters is 1. The zero-order valence-electron chi connectivity index (χ0n) is 15.5. The fraction of sp³-hybridized carbons (Fsp3) is 0.250. The number of carbonyl (C=O) groups excluding carboxylic acids is 3. The molecule has 1 atom stereocenters. The summed E-state index contributed by atoms with van der Waals surface area (Å²) in [6.07, 6.45) is -0.593. The molecule has 154 valence electrons. The minimum absolute atomic E-state index is 0.0520. The first kappa shape index (κ1) is 23.0. The van der Waals surface area contributed by atoms with Crippen molar-refractivity contribution in [2.45, 2.75) is 25.9 Å². The second kappa shape index (κ2) is 11.0. The van der Waals surface area contributed by atoms with Gasteiger partial charge < -0.3 is 15.4 Å². The van der Waals surface area contributed by atoms with Crippen LogP contribution in [0.5, 0.6) is 0 Å². The summed E-state index contributed by atoms with van der Waals surface area (Å²) in [5.74, 6) is -1.34. The first-order valence-corrected chi connectivity index (χ1v) is 9.89. The van der Waals surface area contributed by atoms with E-state index in [4.69, 9.17) is 39.5 Å². The molecule has 0 bridgehead atoms. The first-order valence-electron chi connectivity index (χ1n) is 8.75. The van der Waals surface area contributed by atoms with Gasteiger partial charge in [-0.1, -0.05) is 34.8 Å². The summed E-state index contributed by atoms with van der Waals surface area (Å²) < 4.78 is 5.10. The Hall–Kier alpha value is -2.28. The highest BCUT2D eigenvalue weighted by atomic mass is 35.5. The molecule has 1 unspecified atom stereocenters. The van der Waals surface area contributed by atoms with Crippen LogP contribution in [0.4, 0.5) is 5.69 Å². The van der Waals surface area contributed by atoms with Crippen LogP contribution in [0.1, 0.15) is 30.1 Å². The van der Waals surface area contributed by atoms with Crippen LogP contribution in [-0.2, 0) is 14.3 Å². The maximum Gasteiger partial charge on any atom is 0.306 e. The summed E-state index contributed by atoms with van der Waals surface area (Å²) in [6.45, 7) is 1.74. The molecule has 2 rings (SSSR count). The molecule has 0 aromatic heterocycles. The molecule has 0 radical (unpaired) electrons. The lowest BCUT2D eigenvalue weighted by Crippen LogP contribution is -2.30. The number of halogens is 3. The van der Waals surface area contributed by atoms with Crippen LogP contribution in [0.3, 0.4) is 0 Å². The van der Waals surface area contributed by atoms with Crippen molar-refractivity contribution in [3.8, 4) is 0 Å². The summed E-state index contributed by atoms with van der Waals surface area (Å²) >= 11 is 17.6. The van der Waals surface area contributed by atoms with Gasteiger partial charge in [0.25, 0.3) is 11.8 Å². The molecular formula is C20H19Cl3N2O4. The molecule has 0 aliphatic rings. The summed E-state index contributed by atoms with van der Waals surface area (Å²) in [4.78, 5) is 36.0. The van der Waals surface area contributed by atoms with Crippen molar-refractivity contribution in [1.82, 2.24) is 5.32 Å². The van der Waals surface area contributed by atoms with Crippen LogP contribution in [0.2, 0.25) is 15.1 Å². The predicted molar refractivity (Wildman–Crippen MR) is 114 cm³/mol. The van der Waals surface area contributed by atoms with Crippen molar-refractivity contribution in [1.29, 1.82) is 0 Å². The van der Waals surface area contributed by atoms with Gasteiger partial charge in [-0.05, 0) is 55.8 Å². The molecule has 2 aromatic rings. The van der Waals surface area contributed by atoms with E-state index < -0.39 is 18.0 Å². The standard InChI is InChI=1S/C20H19Cl3N2O4/c1-12(19(27)25-17-11-15(22)8-9-16(17)23)29-18(26)3-2-10-24-20(28)13-4-6-14(21)7-5-13/h4-9,11-12H,2-3,10H2,1H3,(H,24,28)(H,25,27). The maximum atomic E-state index is 12.2. The topological polar surface area (TPSA) is 84.5 Å². The number of nitrogens with one attached hydrogen (secondary N) is 2. The average Bonchev–Trinajstić information content (AvgIpc) is 2.68. The lowest BCUT2D eigenvalue weighted by atomic mass is 10.2. The highest BCUT2D eigenvalue weighted by molar-refractivity contribution is 6.35. The Bertz CT molecular complexity index is 888. The SMILES string of the molecule is CC(OC(=O)CCCNC(=O)c1ccc(Cl)cc1)C(=O)Nc1cc(Cl)ccc1Cl. The summed E-state index contributed by atoms with van der Waals surface area (Å²) in [5, 5.41) is 6.53. The van der Waals surface area contributed by atoms with Gasteiger partial charge in [0.2, 0.25) is 0 Å². The molecule has 0 saturated carbocycles. The molecule has 2 amide bonds. The molecule has 2 N–H and O–H groups in total. The molecular weight excluding hydrogens is 439 g/mol. The largest absolute Gasteiger partial charge is 0.453 e. The Morgan fingerprint density at radius 2 is 1.66 bits per heavy atom. The third-order valence-corrected chi connectivity index (χ3v) is 4.63. The van der Waals surface area contributed by atoms with E-state index in [1.165, 1.54) is 13.0 Å². The molecule has 29 heavy (non-hydrogen) atoms. The number of rotatable bonds is 8. The first-order chi connectivity index (χ1) is 13.8. The molecule has 0 saturated heterocycles. The van der Waals surface area contributed by atoms with E-state index in [1.54, 1.807) is 36.4 Å². The van der Waals surface area contributed by atoms with Crippen molar-refractivity contribution < 1.29 is 19.1 Å². The monoisotopic (exact) mass is 456 g/mol. The molecule has 2 aromatic carbocycles. The van der Waals surface area contributed by atoms with Crippen molar-refractivity contribution in [2.24, 2.45) is 0 Å². The van der Waals surface area contributed by atoms with Crippen molar-refractivity contribution in [2.75, 3.05) is 11.9 Å². The number of benzene rings is 2. The Morgan fingerprint density at radius 1 is 1.00 bits per heavy atom. The number of hydrogen-bond donors (Lipinski definition) is 2. The molecule has 9 heteroatoms. The van der Waals surface area contributed by atoms with E-state index in [0.29, 0.717) is 32.7 Å². The highest BCUT2D eigenvalue weighted by Gasteiger charge is 2.19. The van der Waals surface area contributed by atoms with E-state index in [2.05, 4.69) is 10.6 Å². The van der Waals surface area contributed by atoms with Crippen LogP contribution in [0.15, 0.2) is 42.5 Å². The Balaban J connectivity index is 1.71. The smallest absolute Gasteiger partial charge is 0.306 e. The van der Waals surface area contributed by atoms with Gasteiger partial charge in [0.05, 0.1) is 10.7 Å². The minimum Gasteiger partial charge on any atom is -0.453 e. The molecule has 0 aliphatic carbocycles. The van der Waals surface area contributed by atoms with Crippen LogP contribution in [-0.4, -0.2) is 30.4 Å². The van der Waals surface area contributed by atoms with E-state index >= 15 is 0 Å². The Labute approximate surface area is 183 Å². The Morgan fingerprint density at radius 3 is 2.34 bits per heavy atom. The van der Waals surface area contributed by atoms with E-state index in [0.717, 1.165) is 0 Å². The highest BCUT2D eigenvalue weighted by Crippen LogP contribution is 2.25. The lowest BCUT2D eigenvalue weighted by molar-refractivity contribution is -0.153. The maximum absolute atomic E-state index is 12.2. The van der Waals surface area contributed by atoms with Crippen LogP contribution >= 0.6 is 34.8 Å². The average molecular weight is 458 g/mol. The number of ether oxygens (including phenoxy) is 1. The quantitative estimate of drug-likeness (QED) is 0.443. The zero-order valence-corrected chi connectivity index (χ0v) is 17.8. The number of anilines is 1. The van der Waals surface area contributed by atoms with Crippen LogP contribution in [0, 0.1) is 0 Å². The normalized spacial score (nSPS) is 11.4. The number of carbonyl (C=O) groups is 3. The molecule has 0 aliphatic heterocycles. The second-order valence-electron chi connectivity index (χ2n) is 6.11. The van der Waals surface area contributed by atoms with Crippen molar-refractivity contribution in [3.05, 3.63) is 63.1 Å². The van der Waals surface area contributed by atoms with Gasteiger partial charge in [-0.2, -0.15) is 0 Å². The number of amides is 2. The summed E-state index contributed by atoms with van der Waals surface area (Å²) in [6, 6.07) is 11.1. The van der Waals surface area contributed by atoms with Gasteiger partial charge in [0.15, 0.2) is 6.10 Å². The minimum atomic E-state index is -1.01. The van der Waals surface area contributed by atoms with E-state index in [-0.39, 0.29) is 18.9 Å². The third kappa shape index (κ3) is 7.57. The predicted octanol–water partition coefficient (Wildman–Crippen LogP) is 4.73. The van der Waals surface area contributed by atoms with E-state index in [9.17, 15) is 14.4 Å². The van der Waals surface area contributed by atoms with Crippen molar-refractivity contribution in [3.63, 3.8) is 0 Å². The lowest BCUT2D eigenvalue weighted by Gasteiger charge is -2.14. The van der Waals surface area contributed by atoms with Gasteiger partial charge in [-0.15, -0.1) is 0 Å². The van der Waals surface area contributed by atoms with Crippen LogP contribution < -0.4 is 10.6 Å². The van der Waals surface area contributed by atoms with E-state index in [1.807, 2.05) is 0 Å². The molecule has 6 nitrogen and oxygen atoms in total. The van der Waals surface area contributed by atoms with Gasteiger partial charge in [0.1, 0.15) is 0 Å². The summed E-state index contributed by atoms with van der Waals surface area (Å²) in [7, 11) is 0. The second-order valence-corrected chi connectivity index (χ2v) is 7.39. The molecule has 0 heterocycles.